The van der Waals surface area contributed by atoms with Gasteiger partial charge in [0.15, 0.2) is 0 Å². The molecule has 0 atom stereocenters. The second kappa shape index (κ2) is 14.2. The number of carboxylic acid groups (broad SMARTS) is 1. The number of non-ortho nitro benzene ring substituents is 1. The number of benzene rings is 4. The lowest BCUT2D eigenvalue weighted by Crippen LogP contribution is -2.43. The van der Waals surface area contributed by atoms with Crippen molar-refractivity contribution in [3.05, 3.63) is 129 Å². The van der Waals surface area contributed by atoms with E-state index < -0.39 is 46.0 Å². The van der Waals surface area contributed by atoms with Crippen molar-refractivity contribution in [1.29, 1.82) is 0 Å². The molecule has 0 saturated carbocycles. The molecule has 4 aromatic carbocycles. The van der Waals surface area contributed by atoms with Crippen molar-refractivity contribution in [2.24, 2.45) is 0 Å². The quantitative estimate of drug-likeness (QED) is 0.141. The van der Waals surface area contributed by atoms with Crippen molar-refractivity contribution in [3.63, 3.8) is 0 Å². The van der Waals surface area contributed by atoms with E-state index in [-0.39, 0.29) is 36.2 Å². The number of hydrogen-bond donors (Lipinski definition) is 3. The van der Waals surface area contributed by atoms with E-state index in [0.717, 1.165) is 51.4 Å². The monoisotopic (exact) mass is 658 g/mol. The van der Waals surface area contributed by atoms with Gasteiger partial charge in [-0.3, -0.25) is 24.6 Å². The van der Waals surface area contributed by atoms with Gasteiger partial charge in [-0.15, -0.1) is 0 Å². The molecule has 0 unspecified atom stereocenters. The molecule has 2 amide bonds. The molecule has 0 bridgehead atoms. The highest BCUT2D eigenvalue weighted by Crippen LogP contribution is 2.44. The van der Waals surface area contributed by atoms with Crippen molar-refractivity contribution in [2.75, 3.05) is 19.7 Å². The van der Waals surface area contributed by atoms with Gasteiger partial charge in [-0.25, -0.2) is 17.9 Å². The highest BCUT2D eigenvalue weighted by atomic mass is 32.2. The summed E-state index contributed by atoms with van der Waals surface area (Å²) >= 11 is 0. The van der Waals surface area contributed by atoms with Crippen molar-refractivity contribution in [3.8, 4) is 11.1 Å². The highest BCUT2D eigenvalue weighted by molar-refractivity contribution is 7.89. The van der Waals surface area contributed by atoms with Crippen LogP contribution in [0, 0.1) is 10.1 Å². The summed E-state index contributed by atoms with van der Waals surface area (Å²) in [4.78, 5) is 48.2. The number of rotatable bonds is 13. The zero-order chi connectivity index (χ0) is 33.6. The number of hydrogen-bond acceptors (Lipinski definition) is 8. The summed E-state index contributed by atoms with van der Waals surface area (Å²) in [5.41, 5.74) is 5.03. The number of sulfonamides is 1. The Balaban J connectivity index is 1.15. The molecule has 3 N–H and O–H groups in total. The van der Waals surface area contributed by atoms with Crippen molar-refractivity contribution >= 4 is 33.7 Å². The molecule has 0 radical (unpaired) electrons. The Labute approximate surface area is 270 Å². The van der Waals surface area contributed by atoms with Gasteiger partial charge in [0.2, 0.25) is 15.9 Å². The van der Waals surface area contributed by atoms with Gasteiger partial charge >= 0.3 is 12.1 Å². The van der Waals surface area contributed by atoms with Gasteiger partial charge in [0, 0.05) is 31.1 Å². The molecule has 0 saturated heterocycles. The molecule has 1 aliphatic carbocycles. The minimum atomic E-state index is -3.95. The fraction of sp³-hybridized carbons (Fsp3) is 0.182. The van der Waals surface area contributed by atoms with E-state index in [1.165, 1.54) is 0 Å². The van der Waals surface area contributed by atoms with Crippen LogP contribution in [-0.2, 0) is 37.4 Å². The fourth-order valence-electron chi connectivity index (χ4n) is 5.32. The first-order valence-corrected chi connectivity index (χ1v) is 15.9. The summed E-state index contributed by atoms with van der Waals surface area (Å²) in [5.74, 6) is -2.17. The molecular formula is C33H30N4O9S. The summed E-state index contributed by atoms with van der Waals surface area (Å²) in [6.07, 6.45) is -0.938. The molecule has 0 aromatic heterocycles. The van der Waals surface area contributed by atoms with Gasteiger partial charge in [0.25, 0.3) is 5.69 Å². The second-order valence-corrected chi connectivity index (χ2v) is 12.5. The van der Waals surface area contributed by atoms with Crippen LogP contribution in [0.3, 0.4) is 0 Å². The second-order valence-electron chi connectivity index (χ2n) is 10.7. The van der Waals surface area contributed by atoms with Crippen LogP contribution in [0.15, 0.2) is 102 Å². The molecule has 0 fully saturated rings. The van der Waals surface area contributed by atoms with E-state index in [2.05, 4.69) is 10.0 Å². The summed E-state index contributed by atoms with van der Waals surface area (Å²) in [6, 6.07) is 26.8. The maximum atomic E-state index is 13.0. The van der Waals surface area contributed by atoms with Crippen LogP contribution in [0.2, 0.25) is 0 Å². The van der Waals surface area contributed by atoms with Crippen molar-refractivity contribution in [2.45, 2.75) is 23.9 Å². The molecule has 0 heterocycles. The number of fused-ring (bicyclic) bond motifs is 3. The van der Waals surface area contributed by atoms with Gasteiger partial charge in [-0.1, -0.05) is 72.8 Å². The van der Waals surface area contributed by atoms with E-state index in [1.54, 1.807) is 24.3 Å². The molecule has 4 aromatic rings. The Bertz CT molecular complexity index is 1890. The Morgan fingerprint density at radius 2 is 1.43 bits per heavy atom. The number of carboxylic acids is 1. The fourth-order valence-corrected chi connectivity index (χ4v) is 6.34. The molecular weight excluding hydrogens is 628 g/mol. The molecule has 14 heteroatoms. The smallest absolute Gasteiger partial charge is 0.410 e. The number of nitrogens with one attached hydrogen (secondary N) is 2. The molecule has 5 rings (SSSR count). The third-order valence-corrected chi connectivity index (χ3v) is 8.98. The van der Waals surface area contributed by atoms with E-state index >= 15 is 0 Å². The number of amides is 2. The summed E-state index contributed by atoms with van der Waals surface area (Å²) < 4.78 is 33.2. The maximum Gasteiger partial charge on any atom is 0.410 e. The van der Waals surface area contributed by atoms with E-state index in [9.17, 15) is 38.0 Å². The maximum absolute atomic E-state index is 13.0. The Hall–Kier alpha value is -5.60. The van der Waals surface area contributed by atoms with Crippen LogP contribution in [0.1, 0.15) is 28.2 Å². The Morgan fingerprint density at radius 3 is 2.02 bits per heavy atom. The zero-order valence-electron chi connectivity index (χ0n) is 24.9. The van der Waals surface area contributed by atoms with Gasteiger partial charge in [-0.2, -0.15) is 0 Å². The summed E-state index contributed by atoms with van der Waals surface area (Å²) in [6.45, 7) is -1.40. The van der Waals surface area contributed by atoms with E-state index in [0.29, 0.717) is 11.1 Å². The SMILES string of the molecule is O=C(O)CN(CC(=O)NCc1cccc(CNS(=O)(=O)c2ccc([N+](=O)[O-])cc2)c1)C(=O)OCC1c2ccccc2-c2ccccc21. The topological polar surface area (TPSA) is 185 Å². The number of nitrogens with zero attached hydrogens (tertiary/aromatic N) is 2. The lowest BCUT2D eigenvalue weighted by atomic mass is 9.98. The minimum absolute atomic E-state index is 0.0212. The Kier molecular flexibility index (Phi) is 9.92. The number of aliphatic carboxylic acids is 1. The van der Waals surface area contributed by atoms with Crippen LogP contribution in [0.4, 0.5) is 10.5 Å². The van der Waals surface area contributed by atoms with Crippen LogP contribution in [-0.4, -0.2) is 61.0 Å². The molecule has 13 nitrogen and oxygen atoms in total. The molecule has 242 valence electrons. The molecule has 47 heavy (non-hydrogen) atoms. The first kappa shape index (κ1) is 32.8. The average molecular weight is 659 g/mol. The van der Waals surface area contributed by atoms with Crippen LogP contribution in [0.25, 0.3) is 11.1 Å². The lowest BCUT2D eigenvalue weighted by molar-refractivity contribution is -0.384. The van der Waals surface area contributed by atoms with Gasteiger partial charge in [0.1, 0.15) is 19.7 Å². The predicted molar refractivity (Wildman–Crippen MR) is 170 cm³/mol. The van der Waals surface area contributed by atoms with Crippen LogP contribution >= 0.6 is 0 Å². The van der Waals surface area contributed by atoms with Gasteiger partial charge in [-0.05, 0) is 45.5 Å². The molecule has 0 aliphatic heterocycles. The summed E-state index contributed by atoms with van der Waals surface area (Å²) in [5, 5.41) is 22.9. The number of nitro groups is 1. The number of ether oxygens (including phenoxy) is 1. The number of carbonyl (C=O) groups excluding carboxylic acids is 2. The van der Waals surface area contributed by atoms with Gasteiger partial charge < -0.3 is 15.2 Å². The number of carbonyl (C=O) groups is 3. The molecule has 0 spiro atoms. The van der Waals surface area contributed by atoms with E-state index in [4.69, 9.17) is 4.74 Å². The number of nitro benzene ring substituents is 1. The van der Waals surface area contributed by atoms with Crippen molar-refractivity contribution < 1.29 is 37.6 Å². The standard InChI is InChI=1S/C33H30N4O9S/c38-31(34-17-22-6-5-7-23(16-22)18-35-47(44,45)25-14-12-24(13-15-25)37(42)43)19-36(20-32(39)40)33(41)46-21-30-28-10-3-1-8-26(28)27-9-2-4-11-29(27)30/h1-16,30,35H,17-21H2,(H,34,38)(H,39,40). The average Bonchev–Trinajstić information content (AvgIpc) is 3.38. The molecule has 1 aliphatic rings. The first-order valence-electron chi connectivity index (χ1n) is 14.4. The Morgan fingerprint density at radius 1 is 0.830 bits per heavy atom. The van der Waals surface area contributed by atoms with E-state index in [1.807, 2.05) is 48.5 Å². The third-order valence-electron chi connectivity index (χ3n) is 7.56. The lowest BCUT2D eigenvalue weighted by Gasteiger charge is -2.21. The predicted octanol–water partition coefficient (Wildman–Crippen LogP) is 4.03. The van der Waals surface area contributed by atoms with Gasteiger partial charge in [0.05, 0.1) is 9.82 Å². The zero-order valence-corrected chi connectivity index (χ0v) is 25.7. The summed E-state index contributed by atoms with van der Waals surface area (Å²) in [7, 11) is -3.95. The third kappa shape index (κ3) is 7.98. The van der Waals surface area contributed by atoms with Crippen LogP contribution < -0.4 is 10.0 Å². The minimum Gasteiger partial charge on any atom is -0.480 e. The largest absolute Gasteiger partial charge is 0.480 e. The normalized spacial score (nSPS) is 12.1. The first-order chi connectivity index (χ1) is 22.5. The highest BCUT2D eigenvalue weighted by Gasteiger charge is 2.30. The van der Waals surface area contributed by atoms with Crippen LogP contribution in [0.5, 0.6) is 0 Å². The van der Waals surface area contributed by atoms with Crippen molar-refractivity contribution in [1.82, 2.24) is 14.9 Å².